The standard InChI is InChI=1S/C14H20N2O3S/c1-5-13(20(4,17)18)19-14(16-15)12-8-6-11(7-9-12)10(2)3/h5-10H,15H2,1-4H3/b13-5+,16-14-. The molecule has 0 aliphatic carbocycles. The van der Waals surface area contributed by atoms with Gasteiger partial charge >= 0.3 is 0 Å². The predicted molar refractivity (Wildman–Crippen MR) is 80.9 cm³/mol. The van der Waals surface area contributed by atoms with Gasteiger partial charge in [-0.05, 0) is 36.6 Å². The SMILES string of the molecule is C/C=C(\O/C(=N\N)c1ccc(C(C)C)cc1)S(C)(=O)=O. The molecule has 2 N–H and O–H groups in total. The highest BCUT2D eigenvalue weighted by molar-refractivity contribution is 7.94. The molecule has 0 saturated carbocycles. The predicted octanol–water partition coefficient (Wildman–Crippen LogP) is 2.35. The summed E-state index contributed by atoms with van der Waals surface area (Å²) in [7, 11) is -3.45. The van der Waals surface area contributed by atoms with Crippen LogP contribution in [0.25, 0.3) is 0 Å². The molecule has 0 aliphatic rings. The van der Waals surface area contributed by atoms with Crippen molar-refractivity contribution < 1.29 is 13.2 Å². The molecule has 0 unspecified atom stereocenters. The Balaban J connectivity index is 3.04. The molecule has 5 nitrogen and oxygen atoms in total. The van der Waals surface area contributed by atoms with Crippen LogP contribution >= 0.6 is 0 Å². The van der Waals surface area contributed by atoms with Gasteiger partial charge in [0.05, 0.1) is 0 Å². The van der Waals surface area contributed by atoms with Gasteiger partial charge in [0.2, 0.25) is 20.8 Å². The molecule has 0 heterocycles. The molecule has 1 aromatic carbocycles. The third-order valence-corrected chi connectivity index (χ3v) is 3.79. The van der Waals surface area contributed by atoms with Gasteiger partial charge in [-0.15, -0.1) is 5.10 Å². The zero-order valence-corrected chi connectivity index (χ0v) is 12.9. The number of hydrazone groups is 1. The van der Waals surface area contributed by atoms with Gasteiger partial charge in [-0.25, -0.2) is 8.42 Å². The van der Waals surface area contributed by atoms with E-state index in [2.05, 4.69) is 18.9 Å². The Morgan fingerprint density at radius 1 is 1.30 bits per heavy atom. The third kappa shape index (κ3) is 4.09. The number of benzene rings is 1. The van der Waals surface area contributed by atoms with Gasteiger partial charge in [-0.1, -0.05) is 26.0 Å². The van der Waals surface area contributed by atoms with E-state index in [1.165, 1.54) is 11.6 Å². The van der Waals surface area contributed by atoms with Gasteiger partial charge in [0, 0.05) is 11.8 Å². The summed E-state index contributed by atoms with van der Waals surface area (Å²) in [6.45, 7) is 5.75. The van der Waals surface area contributed by atoms with Crippen molar-refractivity contribution in [1.82, 2.24) is 0 Å². The van der Waals surface area contributed by atoms with Crippen LogP contribution in [0.1, 0.15) is 37.8 Å². The quantitative estimate of drug-likeness (QED) is 0.304. The number of nitrogens with two attached hydrogens (primary N) is 1. The minimum atomic E-state index is -3.45. The fourth-order valence-corrected chi connectivity index (χ4v) is 2.27. The highest BCUT2D eigenvalue weighted by atomic mass is 32.2. The first kappa shape index (κ1) is 16.2. The topological polar surface area (TPSA) is 81.8 Å². The van der Waals surface area contributed by atoms with Crippen LogP contribution in [0.2, 0.25) is 0 Å². The van der Waals surface area contributed by atoms with E-state index in [1.807, 2.05) is 12.1 Å². The first-order valence-corrected chi connectivity index (χ1v) is 8.11. The Bertz CT molecular complexity index is 614. The maximum atomic E-state index is 11.5. The van der Waals surface area contributed by atoms with Crippen molar-refractivity contribution in [2.75, 3.05) is 6.26 Å². The molecular formula is C14H20N2O3S. The van der Waals surface area contributed by atoms with Crippen molar-refractivity contribution in [2.24, 2.45) is 10.9 Å². The Morgan fingerprint density at radius 2 is 1.85 bits per heavy atom. The van der Waals surface area contributed by atoms with Crippen LogP contribution in [-0.4, -0.2) is 20.6 Å². The van der Waals surface area contributed by atoms with Gasteiger partial charge in [-0.2, -0.15) is 0 Å². The summed E-state index contributed by atoms with van der Waals surface area (Å²) < 4.78 is 28.3. The number of rotatable bonds is 4. The number of allylic oxidation sites excluding steroid dienone is 1. The molecule has 0 amide bonds. The summed E-state index contributed by atoms with van der Waals surface area (Å²) in [5.74, 6) is 5.77. The molecule has 110 valence electrons. The van der Waals surface area contributed by atoms with E-state index in [-0.39, 0.29) is 11.0 Å². The zero-order valence-electron chi connectivity index (χ0n) is 12.1. The van der Waals surface area contributed by atoms with Crippen molar-refractivity contribution in [3.05, 3.63) is 46.6 Å². The van der Waals surface area contributed by atoms with Crippen molar-refractivity contribution >= 4 is 15.7 Å². The van der Waals surface area contributed by atoms with E-state index in [0.29, 0.717) is 11.5 Å². The molecule has 1 aromatic rings. The molecule has 0 spiro atoms. The maximum absolute atomic E-state index is 11.5. The molecule has 0 atom stereocenters. The van der Waals surface area contributed by atoms with Crippen molar-refractivity contribution in [1.29, 1.82) is 0 Å². The molecular weight excluding hydrogens is 276 g/mol. The van der Waals surface area contributed by atoms with E-state index in [1.54, 1.807) is 19.1 Å². The average molecular weight is 296 g/mol. The number of hydrogen-bond donors (Lipinski definition) is 1. The molecule has 0 saturated heterocycles. The Labute approximate surface area is 120 Å². The second-order valence-electron chi connectivity index (χ2n) is 4.69. The smallest absolute Gasteiger partial charge is 0.243 e. The molecule has 0 radical (unpaired) electrons. The van der Waals surface area contributed by atoms with Crippen molar-refractivity contribution in [3.8, 4) is 0 Å². The normalized spacial score (nSPS) is 13.7. The van der Waals surface area contributed by atoms with Crippen molar-refractivity contribution in [2.45, 2.75) is 26.7 Å². The summed E-state index contributed by atoms with van der Waals surface area (Å²) in [4.78, 5) is 0. The lowest BCUT2D eigenvalue weighted by molar-refractivity contribution is 0.439. The molecule has 0 aromatic heterocycles. The van der Waals surface area contributed by atoms with E-state index in [4.69, 9.17) is 10.6 Å². The lowest BCUT2D eigenvalue weighted by Crippen LogP contribution is -2.14. The first-order chi connectivity index (χ1) is 9.29. The second kappa shape index (κ2) is 6.56. The average Bonchev–Trinajstić information content (AvgIpc) is 2.38. The minimum Gasteiger partial charge on any atom is -0.425 e. The number of hydrogen-bond acceptors (Lipinski definition) is 5. The second-order valence-corrected chi connectivity index (χ2v) is 6.64. The lowest BCUT2D eigenvalue weighted by Gasteiger charge is -2.11. The minimum absolute atomic E-state index is 0.0684. The Kier molecular flexibility index (Phi) is 5.33. The fraction of sp³-hybridized carbons (Fsp3) is 0.357. The van der Waals surface area contributed by atoms with Gasteiger partial charge in [0.25, 0.3) is 0 Å². The molecule has 1 rings (SSSR count). The zero-order chi connectivity index (χ0) is 15.3. The fourth-order valence-electron chi connectivity index (χ4n) is 1.61. The van der Waals surface area contributed by atoms with Crippen LogP contribution in [-0.2, 0) is 14.6 Å². The lowest BCUT2D eigenvalue weighted by atomic mass is 10.0. The van der Waals surface area contributed by atoms with Crippen molar-refractivity contribution in [3.63, 3.8) is 0 Å². The molecule has 20 heavy (non-hydrogen) atoms. The van der Waals surface area contributed by atoms with Crippen LogP contribution in [0.15, 0.2) is 40.5 Å². The first-order valence-electron chi connectivity index (χ1n) is 6.22. The summed E-state index contributed by atoms with van der Waals surface area (Å²) in [5, 5.41) is 3.35. The van der Waals surface area contributed by atoms with Crippen LogP contribution in [0.5, 0.6) is 0 Å². The van der Waals surface area contributed by atoms with Gasteiger partial charge in [0.1, 0.15) is 0 Å². The molecule has 0 aliphatic heterocycles. The molecule has 0 fully saturated rings. The largest absolute Gasteiger partial charge is 0.425 e. The van der Waals surface area contributed by atoms with E-state index >= 15 is 0 Å². The molecule has 6 heteroatoms. The maximum Gasteiger partial charge on any atom is 0.243 e. The van der Waals surface area contributed by atoms with E-state index in [0.717, 1.165) is 6.26 Å². The van der Waals surface area contributed by atoms with Crippen LogP contribution in [0, 0.1) is 0 Å². The van der Waals surface area contributed by atoms with Gasteiger partial charge < -0.3 is 10.6 Å². The van der Waals surface area contributed by atoms with E-state index < -0.39 is 9.84 Å². The van der Waals surface area contributed by atoms with Gasteiger partial charge in [0.15, 0.2) is 0 Å². The summed E-state index contributed by atoms with van der Waals surface area (Å²) >= 11 is 0. The van der Waals surface area contributed by atoms with Crippen LogP contribution in [0.3, 0.4) is 0 Å². The third-order valence-electron chi connectivity index (χ3n) is 2.74. The number of sulfone groups is 1. The van der Waals surface area contributed by atoms with E-state index in [9.17, 15) is 8.42 Å². The highest BCUT2D eigenvalue weighted by Gasteiger charge is 2.16. The monoisotopic (exact) mass is 296 g/mol. The van der Waals surface area contributed by atoms with Gasteiger partial charge in [-0.3, -0.25) is 0 Å². The molecule has 0 bridgehead atoms. The summed E-state index contributed by atoms with van der Waals surface area (Å²) in [6, 6.07) is 7.47. The summed E-state index contributed by atoms with van der Waals surface area (Å²) in [5.41, 5.74) is 1.79. The Morgan fingerprint density at radius 3 is 2.20 bits per heavy atom. The number of ether oxygens (including phenoxy) is 1. The van der Waals surface area contributed by atoms with Crippen LogP contribution in [0.4, 0.5) is 0 Å². The van der Waals surface area contributed by atoms with Crippen LogP contribution < -0.4 is 5.84 Å². The summed E-state index contributed by atoms with van der Waals surface area (Å²) in [6.07, 6.45) is 2.43. The number of nitrogens with zero attached hydrogens (tertiary/aromatic N) is 1. The highest BCUT2D eigenvalue weighted by Crippen LogP contribution is 2.17. The Hall–Kier alpha value is -1.82.